The van der Waals surface area contributed by atoms with Gasteiger partial charge in [-0.3, -0.25) is 0 Å². The van der Waals surface area contributed by atoms with E-state index in [-0.39, 0.29) is 5.54 Å². The van der Waals surface area contributed by atoms with Crippen molar-refractivity contribution in [3.63, 3.8) is 0 Å². The molecule has 1 nitrogen and oxygen atoms in total. The van der Waals surface area contributed by atoms with Gasteiger partial charge in [0.05, 0.1) is 5.56 Å². The largest absolute Gasteiger partial charge is 0.419 e. The van der Waals surface area contributed by atoms with Crippen LogP contribution in [0.3, 0.4) is 0 Å². The molecule has 0 atom stereocenters. The number of alkyl halides is 3. The lowest BCUT2D eigenvalue weighted by atomic mass is 10.0. The molecular formula is C14H19F4N. The van der Waals surface area contributed by atoms with Crippen LogP contribution in [0.15, 0.2) is 18.2 Å². The molecule has 1 aromatic carbocycles. The summed E-state index contributed by atoms with van der Waals surface area (Å²) in [4.78, 5) is 0. The minimum atomic E-state index is -4.64. The summed E-state index contributed by atoms with van der Waals surface area (Å²) in [5.74, 6) is -1.22. The Bertz CT molecular complexity index is 418. The van der Waals surface area contributed by atoms with Gasteiger partial charge in [0.2, 0.25) is 0 Å². The van der Waals surface area contributed by atoms with Crippen molar-refractivity contribution < 1.29 is 17.6 Å². The Morgan fingerprint density at radius 3 is 2.26 bits per heavy atom. The van der Waals surface area contributed by atoms with Crippen LogP contribution in [-0.2, 0) is 12.6 Å². The van der Waals surface area contributed by atoms with Gasteiger partial charge in [-0.1, -0.05) is 6.07 Å². The van der Waals surface area contributed by atoms with Crippen LogP contribution in [0, 0.1) is 5.82 Å². The highest BCUT2D eigenvalue weighted by molar-refractivity contribution is 5.27. The van der Waals surface area contributed by atoms with Crippen molar-refractivity contribution in [2.45, 2.75) is 45.3 Å². The summed E-state index contributed by atoms with van der Waals surface area (Å²) in [6, 6.07) is 3.18. The van der Waals surface area contributed by atoms with Gasteiger partial charge in [0.25, 0.3) is 0 Å². The highest BCUT2D eigenvalue weighted by Gasteiger charge is 2.34. The zero-order chi connectivity index (χ0) is 14.7. The fourth-order valence-electron chi connectivity index (χ4n) is 1.70. The highest BCUT2D eigenvalue weighted by Crippen LogP contribution is 2.32. The summed E-state index contributed by atoms with van der Waals surface area (Å²) in [7, 11) is 0. The van der Waals surface area contributed by atoms with E-state index < -0.39 is 17.6 Å². The van der Waals surface area contributed by atoms with Crippen molar-refractivity contribution in [3.05, 3.63) is 35.1 Å². The average molecular weight is 277 g/mol. The standard InChI is InChI=1S/C14H19F4N/c1-13(2,3)19-8-4-5-10-6-7-12(15)11(9-10)14(16,17)18/h6-7,9,19H,4-5,8H2,1-3H3. The molecule has 108 valence electrons. The first kappa shape index (κ1) is 16.0. The smallest absolute Gasteiger partial charge is 0.312 e. The predicted molar refractivity (Wildman–Crippen MR) is 67.5 cm³/mol. The summed E-state index contributed by atoms with van der Waals surface area (Å²) in [6.45, 7) is 6.77. The van der Waals surface area contributed by atoms with Gasteiger partial charge in [0, 0.05) is 5.54 Å². The molecule has 0 amide bonds. The highest BCUT2D eigenvalue weighted by atomic mass is 19.4. The molecule has 0 unspecified atom stereocenters. The van der Waals surface area contributed by atoms with E-state index in [1.165, 1.54) is 6.07 Å². The molecule has 1 aromatic rings. The lowest BCUT2D eigenvalue weighted by molar-refractivity contribution is -0.140. The molecular weight excluding hydrogens is 258 g/mol. The number of rotatable bonds is 4. The second-order valence-corrected chi connectivity index (χ2v) is 5.59. The molecule has 5 heteroatoms. The van der Waals surface area contributed by atoms with Gasteiger partial charge in [-0.25, -0.2) is 4.39 Å². The molecule has 0 saturated heterocycles. The molecule has 19 heavy (non-hydrogen) atoms. The van der Waals surface area contributed by atoms with Crippen molar-refractivity contribution in [2.75, 3.05) is 6.54 Å². The second kappa shape index (κ2) is 5.90. The molecule has 0 fully saturated rings. The molecule has 1 N–H and O–H groups in total. The van der Waals surface area contributed by atoms with Crippen molar-refractivity contribution >= 4 is 0 Å². The van der Waals surface area contributed by atoms with Gasteiger partial charge in [0.1, 0.15) is 5.82 Å². The topological polar surface area (TPSA) is 12.0 Å². The lowest BCUT2D eigenvalue weighted by Crippen LogP contribution is -2.36. The quantitative estimate of drug-likeness (QED) is 0.643. The van der Waals surface area contributed by atoms with Gasteiger partial charge in [-0.2, -0.15) is 13.2 Å². The van der Waals surface area contributed by atoms with Gasteiger partial charge in [-0.15, -0.1) is 0 Å². The van der Waals surface area contributed by atoms with E-state index in [1.54, 1.807) is 0 Å². The SMILES string of the molecule is CC(C)(C)NCCCc1ccc(F)c(C(F)(F)F)c1. The number of halogens is 4. The maximum absolute atomic E-state index is 13.1. The van der Waals surface area contributed by atoms with Crippen LogP contribution in [0.25, 0.3) is 0 Å². The number of hydrogen-bond acceptors (Lipinski definition) is 1. The Hall–Kier alpha value is -1.10. The first-order valence-electron chi connectivity index (χ1n) is 6.20. The average Bonchev–Trinajstić information content (AvgIpc) is 2.23. The fourth-order valence-corrected chi connectivity index (χ4v) is 1.70. The summed E-state index contributed by atoms with van der Waals surface area (Å²) < 4.78 is 50.6. The number of nitrogens with one attached hydrogen (secondary N) is 1. The first-order valence-corrected chi connectivity index (χ1v) is 6.20. The van der Waals surface area contributed by atoms with Gasteiger partial charge < -0.3 is 5.32 Å². The normalized spacial score (nSPS) is 12.8. The van der Waals surface area contributed by atoms with Crippen LogP contribution in [0.2, 0.25) is 0 Å². The van der Waals surface area contributed by atoms with E-state index in [9.17, 15) is 17.6 Å². The third-order valence-corrected chi connectivity index (χ3v) is 2.63. The minimum absolute atomic E-state index is 0.0140. The number of hydrogen-bond donors (Lipinski definition) is 1. The van der Waals surface area contributed by atoms with Crippen molar-refractivity contribution in [1.82, 2.24) is 5.32 Å². The Morgan fingerprint density at radius 2 is 1.74 bits per heavy atom. The monoisotopic (exact) mass is 277 g/mol. The molecule has 0 spiro atoms. The lowest BCUT2D eigenvalue weighted by Gasteiger charge is -2.20. The summed E-state index contributed by atoms with van der Waals surface area (Å²) in [5.41, 5.74) is -0.696. The summed E-state index contributed by atoms with van der Waals surface area (Å²) in [5, 5.41) is 3.25. The van der Waals surface area contributed by atoms with E-state index >= 15 is 0 Å². The van der Waals surface area contributed by atoms with Crippen molar-refractivity contribution in [3.8, 4) is 0 Å². The number of aryl methyl sites for hydroxylation is 1. The maximum Gasteiger partial charge on any atom is 0.419 e. The van der Waals surface area contributed by atoms with Crippen LogP contribution >= 0.6 is 0 Å². The van der Waals surface area contributed by atoms with Crippen LogP contribution in [0.5, 0.6) is 0 Å². The zero-order valence-electron chi connectivity index (χ0n) is 11.4. The summed E-state index contributed by atoms with van der Waals surface area (Å²) >= 11 is 0. The third-order valence-electron chi connectivity index (χ3n) is 2.63. The predicted octanol–water partition coefficient (Wildman–Crippen LogP) is 4.17. The molecule has 0 radical (unpaired) electrons. The van der Waals surface area contributed by atoms with Crippen LogP contribution in [-0.4, -0.2) is 12.1 Å². The Morgan fingerprint density at radius 1 is 1.11 bits per heavy atom. The second-order valence-electron chi connectivity index (χ2n) is 5.59. The maximum atomic E-state index is 13.1. The van der Waals surface area contributed by atoms with Gasteiger partial charge in [0.15, 0.2) is 0 Å². The molecule has 0 aliphatic rings. The third kappa shape index (κ3) is 5.59. The van der Waals surface area contributed by atoms with E-state index in [0.29, 0.717) is 24.9 Å². The van der Waals surface area contributed by atoms with Gasteiger partial charge in [-0.05, 0) is 57.9 Å². The first-order chi connectivity index (χ1) is 8.59. The fraction of sp³-hybridized carbons (Fsp3) is 0.571. The molecule has 0 aliphatic carbocycles. The van der Waals surface area contributed by atoms with E-state index in [0.717, 1.165) is 12.1 Å². The molecule has 0 bridgehead atoms. The zero-order valence-corrected chi connectivity index (χ0v) is 11.4. The molecule has 0 saturated carbocycles. The van der Waals surface area contributed by atoms with Crippen LogP contribution < -0.4 is 5.32 Å². The van der Waals surface area contributed by atoms with Crippen molar-refractivity contribution in [2.24, 2.45) is 0 Å². The van der Waals surface area contributed by atoms with E-state index in [2.05, 4.69) is 5.32 Å². The van der Waals surface area contributed by atoms with E-state index in [1.807, 2.05) is 20.8 Å². The van der Waals surface area contributed by atoms with Gasteiger partial charge >= 0.3 is 6.18 Å². The Kier molecular flexibility index (Phi) is 4.96. The minimum Gasteiger partial charge on any atom is -0.312 e. The van der Waals surface area contributed by atoms with Crippen LogP contribution in [0.1, 0.15) is 38.3 Å². The molecule has 0 aliphatic heterocycles. The van der Waals surface area contributed by atoms with Crippen LogP contribution in [0.4, 0.5) is 17.6 Å². The van der Waals surface area contributed by atoms with E-state index in [4.69, 9.17) is 0 Å². The molecule has 0 heterocycles. The van der Waals surface area contributed by atoms with Crippen molar-refractivity contribution in [1.29, 1.82) is 0 Å². The Labute approximate surface area is 111 Å². The molecule has 0 aromatic heterocycles. The molecule has 1 rings (SSSR count). The Balaban J connectivity index is 2.61. The number of benzene rings is 1. The summed E-state index contributed by atoms with van der Waals surface area (Å²) in [6.07, 6.45) is -3.43.